The summed E-state index contributed by atoms with van der Waals surface area (Å²) in [6.45, 7) is 9.04. The van der Waals surface area contributed by atoms with Gasteiger partial charge in [-0.05, 0) is 29.9 Å². The van der Waals surface area contributed by atoms with E-state index in [2.05, 4.69) is 31.9 Å². The summed E-state index contributed by atoms with van der Waals surface area (Å²) in [6.07, 6.45) is 4.13. The van der Waals surface area contributed by atoms with E-state index in [1.54, 1.807) is 17.3 Å². The van der Waals surface area contributed by atoms with Crippen molar-refractivity contribution in [2.75, 3.05) is 42.6 Å². The van der Waals surface area contributed by atoms with Crippen LogP contribution in [0.5, 0.6) is 5.75 Å². The monoisotopic (exact) mass is 531 g/mol. The molecular formula is C26H32F3N7O2. The van der Waals surface area contributed by atoms with Gasteiger partial charge in [0.1, 0.15) is 5.82 Å². The second-order valence-electron chi connectivity index (χ2n) is 10.6. The molecule has 2 saturated heterocycles. The van der Waals surface area contributed by atoms with Crippen LogP contribution in [0.2, 0.25) is 0 Å². The van der Waals surface area contributed by atoms with Crippen molar-refractivity contribution in [3.05, 3.63) is 53.4 Å². The number of halogens is 3. The van der Waals surface area contributed by atoms with Crippen LogP contribution in [0.4, 0.5) is 25.1 Å². The Morgan fingerprint density at radius 1 is 1.05 bits per heavy atom. The Morgan fingerprint density at radius 3 is 2.47 bits per heavy atom. The molecule has 2 aliphatic rings. The number of hydrogen-bond acceptors (Lipinski definition) is 9. The number of ether oxygens (including phenoxy) is 1. The van der Waals surface area contributed by atoms with Crippen molar-refractivity contribution < 1.29 is 22.4 Å². The van der Waals surface area contributed by atoms with Crippen LogP contribution in [-0.4, -0.2) is 58.9 Å². The van der Waals surface area contributed by atoms with E-state index < -0.39 is 29.4 Å². The molecular weight excluding hydrogens is 499 g/mol. The minimum absolute atomic E-state index is 0.0541. The summed E-state index contributed by atoms with van der Waals surface area (Å²) in [4.78, 5) is 17.2. The maximum atomic E-state index is 14.3. The molecule has 3 aromatic rings. The average molecular weight is 532 g/mol. The van der Waals surface area contributed by atoms with Gasteiger partial charge in [-0.25, -0.2) is 23.1 Å². The van der Waals surface area contributed by atoms with Crippen LogP contribution in [0.3, 0.4) is 0 Å². The summed E-state index contributed by atoms with van der Waals surface area (Å²) in [5.74, 6) is -1.04. The molecule has 0 saturated carbocycles. The highest BCUT2D eigenvalue weighted by molar-refractivity contribution is 5.39. The van der Waals surface area contributed by atoms with Gasteiger partial charge in [0.25, 0.3) is 0 Å². The second kappa shape index (κ2) is 10.8. The molecule has 1 aromatic carbocycles. The molecule has 9 nitrogen and oxygen atoms in total. The summed E-state index contributed by atoms with van der Waals surface area (Å²) in [5.41, 5.74) is 6.26. The third-order valence-corrected chi connectivity index (χ3v) is 7.47. The Bertz CT molecular complexity index is 1260. The number of benzene rings is 1. The molecule has 0 radical (unpaired) electrons. The van der Waals surface area contributed by atoms with Gasteiger partial charge in [-0.15, -0.1) is 0 Å². The summed E-state index contributed by atoms with van der Waals surface area (Å²) in [5, 5.41) is 4.06. The number of nitrogens with two attached hydrogens (primary N) is 1. The summed E-state index contributed by atoms with van der Waals surface area (Å²) in [7, 11) is 0. The summed E-state index contributed by atoms with van der Waals surface area (Å²) in [6, 6.07) is 1.53. The molecule has 2 aliphatic heterocycles. The fraction of sp³-hybridized carbons (Fsp3) is 0.538. The number of rotatable bonds is 7. The highest BCUT2D eigenvalue weighted by Gasteiger charge is 2.35. The molecule has 4 heterocycles. The van der Waals surface area contributed by atoms with Gasteiger partial charge in [0.15, 0.2) is 23.2 Å². The summed E-state index contributed by atoms with van der Waals surface area (Å²) < 4.78 is 52.8. The molecule has 0 bridgehead atoms. The van der Waals surface area contributed by atoms with Crippen LogP contribution < -0.4 is 20.3 Å². The lowest BCUT2D eigenvalue weighted by Gasteiger charge is -2.35. The van der Waals surface area contributed by atoms with Crippen LogP contribution >= 0.6 is 0 Å². The lowest BCUT2D eigenvalue weighted by Crippen LogP contribution is -2.41. The quantitative estimate of drug-likeness (QED) is 0.455. The Hall–Kier alpha value is -3.41. The van der Waals surface area contributed by atoms with Crippen molar-refractivity contribution in [3.8, 4) is 5.75 Å². The number of piperidine rings is 1. The highest BCUT2D eigenvalue weighted by Crippen LogP contribution is 2.32. The molecule has 0 aliphatic carbocycles. The largest absolute Gasteiger partial charge is 0.490 e. The van der Waals surface area contributed by atoms with Crippen molar-refractivity contribution in [1.82, 2.24) is 20.1 Å². The Morgan fingerprint density at radius 2 is 1.79 bits per heavy atom. The van der Waals surface area contributed by atoms with Gasteiger partial charge in [-0.2, -0.15) is 4.98 Å². The zero-order chi connectivity index (χ0) is 27.0. The van der Waals surface area contributed by atoms with E-state index in [4.69, 9.17) is 15.0 Å². The molecule has 0 amide bonds. The van der Waals surface area contributed by atoms with Gasteiger partial charge in [0.2, 0.25) is 5.95 Å². The first-order valence-electron chi connectivity index (χ1n) is 12.9. The van der Waals surface area contributed by atoms with Crippen LogP contribution in [0.25, 0.3) is 0 Å². The Kier molecular flexibility index (Phi) is 7.42. The lowest BCUT2D eigenvalue weighted by atomic mass is 9.88. The third kappa shape index (κ3) is 5.40. The lowest BCUT2D eigenvalue weighted by molar-refractivity contribution is 0.175. The van der Waals surface area contributed by atoms with Gasteiger partial charge >= 0.3 is 6.01 Å². The molecule has 5 rings (SSSR count). The third-order valence-electron chi connectivity index (χ3n) is 7.47. The van der Waals surface area contributed by atoms with Gasteiger partial charge in [-0.1, -0.05) is 25.9 Å². The Labute approximate surface area is 219 Å². The van der Waals surface area contributed by atoms with Gasteiger partial charge in [0, 0.05) is 50.1 Å². The molecule has 0 spiro atoms. The van der Waals surface area contributed by atoms with Crippen LogP contribution in [0.1, 0.15) is 50.4 Å². The molecule has 2 aromatic heterocycles. The normalized spacial score (nSPS) is 23.9. The predicted molar refractivity (Wildman–Crippen MR) is 135 cm³/mol. The highest BCUT2D eigenvalue weighted by atomic mass is 19.2. The molecule has 38 heavy (non-hydrogen) atoms. The number of anilines is 2. The SMILES string of the molecule is CC(C)c1noc(N2CC[C@@H](COc3cnc(N4C[C@H](c5cc(F)c(F)cc5F)[C@@H](N)C4)nc3)[C@@H](C)C2)n1. The fourth-order valence-electron chi connectivity index (χ4n) is 5.10. The van der Waals surface area contributed by atoms with Crippen LogP contribution in [0.15, 0.2) is 29.0 Å². The standard InChI is InChI=1S/C26H32F3N7O2/c1-14(2)24-33-26(38-34-24)35-5-4-16(15(3)10-35)13-37-17-8-31-25(32-9-17)36-11-19(23(30)12-36)18-6-21(28)22(29)7-20(18)27/h6-9,14-16,19,23H,4-5,10-13,30H2,1-3H3/t15-,16-,19+,23-/m0/s1. The minimum Gasteiger partial charge on any atom is -0.490 e. The zero-order valence-corrected chi connectivity index (χ0v) is 21.6. The van der Waals surface area contributed by atoms with E-state index in [1.807, 2.05) is 13.8 Å². The smallest absolute Gasteiger partial charge is 0.324 e. The molecule has 4 atom stereocenters. The van der Waals surface area contributed by atoms with Gasteiger partial charge in [-0.3, -0.25) is 0 Å². The zero-order valence-electron chi connectivity index (χ0n) is 21.6. The molecule has 2 N–H and O–H groups in total. The van der Waals surface area contributed by atoms with Crippen molar-refractivity contribution in [1.29, 1.82) is 0 Å². The molecule has 2 fully saturated rings. The van der Waals surface area contributed by atoms with Crippen molar-refractivity contribution in [2.45, 2.75) is 45.1 Å². The average Bonchev–Trinajstić information content (AvgIpc) is 3.53. The molecule has 204 valence electrons. The number of hydrogen-bond donors (Lipinski definition) is 1. The maximum absolute atomic E-state index is 14.3. The second-order valence-corrected chi connectivity index (χ2v) is 10.6. The number of nitrogens with zero attached hydrogens (tertiary/aromatic N) is 6. The van der Waals surface area contributed by atoms with E-state index in [0.29, 0.717) is 54.6 Å². The topological polar surface area (TPSA) is 106 Å². The predicted octanol–water partition coefficient (Wildman–Crippen LogP) is 3.87. The van der Waals surface area contributed by atoms with Gasteiger partial charge < -0.3 is 24.8 Å². The maximum Gasteiger partial charge on any atom is 0.324 e. The van der Waals surface area contributed by atoms with Crippen molar-refractivity contribution >= 4 is 12.0 Å². The van der Waals surface area contributed by atoms with E-state index in [-0.39, 0.29) is 18.0 Å². The van der Waals surface area contributed by atoms with E-state index >= 15 is 0 Å². The Balaban J connectivity index is 1.14. The first-order valence-corrected chi connectivity index (χ1v) is 12.9. The van der Waals surface area contributed by atoms with Crippen molar-refractivity contribution in [3.63, 3.8) is 0 Å². The summed E-state index contributed by atoms with van der Waals surface area (Å²) >= 11 is 0. The first kappa shape index (κ1) is 26.2. The van der Waals surface area contributed by atoms with Crippen LogP contribution in [0, 0.1) is 29.3 Å². The number of aromatic nitrogens is 4. The van der Waals surface area contributed by atoms with Crippen molar-refractivity contribution in [2.24, 2.45) is 17.6 Å². The van der Waals surface area contributed by atoms with E-state index in [1.165, 1.54) is 0 Å². The van der Waals surface area contributed by atoms with E-state index in [9.17, 15) is 13.2 Å². The molecule has 12 heteroatoms. The fourth-order valence-corrected chi connectivity index (χ4v) is 5.10. The molecule has 0 unspecified atom stereocenters. The minimum atomic E-state index is -1.22. The van der Waals surface area contributed by atoms with Gasteiger partial charge in [0.05, 0.1) is 19.0 Å². The first-order chi connectivity index (χ1) is 18.2. The van der Waals surface area contributed by atoms with Crippen LogP contribution in [-0.2, 0) is 0 Å². The van der Waals surface area contributed by atoms with E-state index in [0.717, 1.165) is 25.6 Å².